The van der Waals surface area contributed by atoms with E-state index < -0.39 is 0 Å². The van der Waals surface area contributed by atoms with Crippen LogP contribution < -0.4 is 11.1 Å². The van der Waals surface area contributed by atoms with Gasteiger partial charge >= 0.3 is 0 Å². The molecule has 0 aromatic heterocycles. The van der Waals surface area contributed by atoms with E-state index in [9.17, 15) is 0 Å². The molecule has 0 aliphatic carbocycles. The topological polar surface area (TPSA) is 47.3 Å². The largest absolute Gasteiger partial charge is 0.383 e. The van der Waals surface area contributed by atoms with E-state index in [1.54, 1.807) is 7.11 Å². The number of benzene rings is 1. The lowest BCUT2D eigenvalue weighted by Gasteiger charge is -2.25. The number of nitrogens with two attached hydrogens (primary N) is 1. The van der Waals surface area contributed by atoms with E-state index in [0.29, 0.717) is 12.1 Å². The second kappa shape index (κ2) is 9.08. The van der Waals surface area contributed by atoms with Crippen LogP contribution in [0.1, 0.15) is 43.4 Å². The highest BCUT2D eigenvalue weighted by Gasteiger charge is 2.15. The third kappa shape index (κ3) is 5.72. The van der Waals surface area contributed by atoms with Gasteiger partial charge in [0.25, 0.3) is 0 Å². The minimum atomic E-state index is 0.375. The second-order valence-corrected chi connectivity index (χ2v) is 5.12. The van der Waals surface area contributed by atoms with Gasteiger partial charge in [0.2, 0.25) is 0 Å². The molecule has 108 valence electrons. The lowest BCUT2D eigenvalue weighted by atomic mass is 10.0. The molecule has 0 fully saturated rings. The summed E-state index contributed by atoms with van der Waals surface area (Å²) < 4.78 is 5.30. The van der Waals surface area contributed by atoms with Crippen molar-refractivity contribution in [1.82, 2.24) is 5.32 Å². The molecule has 0 bridgehead atoms. The molecule has 3 N–H and O–H groups in total. The maximum absolute atomic E-state index is 5.60. The van der Waals surface area contributed by atoms with Crippen LogP contribution in [0.15, 0.2) is 24.3 Å². The van der Waals surface area contributed by atoms with Gasteiger partial charge in [-0.1, -0.05) is 36.8 Å². The van der Waals surface area contributed by atoms with E-state index in [0.717, 1.165) is 32.4 Å². The normalized spacial score (nSPS) is 14.3. The minimum absolute atomic E-state index is 0.375. The maximum atomic E-state index is 5.60. The van der Waals surface area contributed by atoms with E-state index in [2.05, 4.69) is 43.4 Å². The van der Waals surface area contributed by atoms with Gasteiger partial charge in [-0.15, -0.1) is 0 Å². The monoisotopic (exact) mass is 264 g/mol. The Kier molecular flexibility index (Phi) is 7.72. The molecular formula is C16H28N2O. The van der Waals surface area contributed by atoms with Gasteiger partial charge in [0, 0.05) is 19.2 Å². The molecule has 0 aliphatic rings. The second-order valence-electron chi connectivity index (χ2n) is 5.12. The average Bonchev–Trinajstić information content (AvgIpc) is 2.43. The lowest BCUT2D eigenvalue weighted by molar-refractivity contribution is 0.155. The van der Waals surface area contributed by atoms with Crippen LogP contribution in [0.25, 0.3) is 0 Å². The van der Waals surface area contributed by atoms with Gasteiger partial charge in [-0.05, 0) is 38.3 Å². The number of hydrogen-bond donors (Lipinski definition) is 2. The molecule has 1 aromatic rings. The number of ether oxygens (including phenoxy) is 1. The predicted octanol–water partition coefficient (Wildman–Crippen LogP) is 2.79. The zero-order valence-corrected chi connectivity index (χ0v) is 12.5. The Hall–Kier alpha value is -0.900. The highest BCUT2D eigenvalue weighted by atomic mass is 16.5. The van der Waals surface area contributed by atoms with E-state index in [-0.39, 0.29) is 0 Å². The van der Waals surface area contributed by atoms with Gasteiger partial charge in [0.05, 0.1) is 6.61 Å². The number of hydrogen-bond acceptors (Lipinski definition) is 3. The van der Waals surface area contributed by atoms with Crippen molar-refractivity contribution in [1.29, 1.82) is 0 Å². The zero-order chi connectivity index (χ0) is 14.1. The molecule has 19 heavy (non-hydrogen) atoms. The molecule has 0 radical (unpaired) electrons. The van der Waals surface area contributed by atoms with Gasteiger partial charge in [-0.2, -0.15) is 0 Å². The highest BCUT2D eigenvalue weighted by molar-refractivity contribution is 5.24. The summed E-state index contributed by atoms with van der Waals surface area (Å²) in [7, 11) is 1.75. The standard InChI is InChI=1S/C16H28N2O/c1-4-16(14-9-7-13(2)8-10-14)18-15(12-19-3)6-5-11-17/h7-10,15-16,18H,4-6,11-12,17H2,1-3H3. The van der Waals surface area contributed by atoms with Gasteiger partial charge in [0.1, 0.15) is 0 Å². The summed E-state index contributed by atoms with van der Waals surface area (Å²) in [6.45, 7) is 5.81. The number of methoxy groups -OCH3 is 1. The van der Waals surface area contributed by atoms with Gasteiger partial charge < -0.3 is 15.8 Å². The Morgan fingerprint density at radius 1 is 1.26 bits per heavy atom. The van der Waals surface area contributed by atoms with Crippen LogP contribution in [-0.2, 0) is 4.74 Å². The molecule has 0 saturated carbocycles. The van der Waals surface area contributed by atoms with Crippen molar-refractivity contribution in [3.8, 4) is 0 Å². The van der Waals surface area contributed by atoms with Crippen molar-refractivity contribution in [2.75, 3.05) is 20.3 Å². The van der Waals surface area contributed by atoms with Crippen molar-refractivity contribution in [2.45, 2.75) is 45.2 Å². The Morgan fingerprint density at radius 2 is 1.95 bits per heavy atom. The number of rotatable bonds is 9. The maximum Gasteiger partial charge on any atom is 0.0616 e. The summed E-state index contributed by atoms with van der Waals surface area (Å²) in [5, 5.41) is 3.69. The van der Waals surface area contributed by atoms with Gasteiger partial charge in [0.15, 0.2) is 0 Å². The fourth-order valence-corrected chi connectivity index (χ4v) is 2.31. The van der Waals surface area contributed by atoms with Crippen LogP contribution in [0.4, 0.5) is 0 Å². The molecule has 0 aliphatic heterocycles. The molecule has 3 nitrogen and oxygen atoms in total. The number of nitrogens with one attached hydrogen (secondary N) is 1. The Morgan fingerprint density at radius 3 is 2.47 bits per heavy atom. The molecule has 2 atom stereocenters. The Bertz CT molecular complexity index is 337. The third-order valence-corrected chi connectivity index (χ3v) is 3.45. The van der Waals surface area contributed by atoms with Gasteiger partial charge in [-0.3, -0.25) is 0 Å². The summed E-state index contributed by atoms with van der Waals surface area (Å²) in [4.78, 5) is 0. The summed E-state index contributed by atoms with van der Waals surface area (Å²) in [6, 6.07) is 9.53. The lowest BCUT2D eigenvalue weighted by Crippen LogP contribution is -2.36. The molecule has 3 heteroatoms. The van der Waals surface area contributed by atoms with Crippen LogP contribution in [-0.4, -0.2) is 26.3 Å². The minimum Gasteiger partial charge on any atom is -0.383 e. The molecule has 1 rings (SSSR count). The molecular weight excluding hydrogens is 236 g/mol. The SMILES string of the molecule is CCC(NC(CCCN)COC)c1ccc(C)cc1. The van der Waals surface area contributed by atoms with Crippen LogP contribution in [0.2, 0.25) is 0 Å². The molecule has 2 unspecified atom stereocenters. The highest BCUT2D eigenvalue weighted by Crippen LogP contribution is 2.18. The summed E-state index contributed by atoms with van der Waals surface area (Å²) in [5.74, 6) is 0. The van der Waals surface area contributed by atoms with Gasteiger partial charge in [-0.25, -0.2) is 0 Å². The van der Waals surface area contributed by atoms with Crippen molar-refractivity contribution in [2.24, 2.45) is 5.73 Å². The molecule has 0 amide bonds. The first-order chi connectivity index (χ1) is 9.21. The molecule has 0 saturated heterocycles. The number of aryl methyl sites for hydroxylation is 1. The molecule has 0 spiro atoms. The van der Waals surface area contributed by atoms with Crippen LogP contribution in [0, 0.1) is 6.92 Å². The fourth-order valence-electron chi connectivity index (χ4n) is 2.31. The van der Waals surface area contributed by atoms with Crippen molar-refractivity contribution in [3.05, 3.63) is 35.4 Å². The van der Waals surface area contributed by atoms with Crippen LogP contribution in [0.3, 0.4) is 0 Å². The van der Waals surface area contributed by atoms with Crippen LogP contribution >= 0.6 is 0 Å². The summed E-state index contributed by atoms with van der Waals surface area (Å²) >= 11 is 0. The first-order valence-corrected chi connectivity index (χ1v) is 7.22. The third-order valence-electron chi connectivity index (χ3n) is 3.45. The Labute approximate surface area is 117 Å². The van der Waals surface area contributed by atoms with Crippen molar-refractivity contribution in [3.63, 3.8) is 0 Å². The van der Waals surface area contributed by atoms with E-state index in [4.69, 9.17) is 10.5 Å². The van der Waals surface area contributed by atoms with E-state index in [1.165, 1.54) is 11.1 Å². The zero-order valence-electron chi connectivity index (χ0n) is 12.5. The average molecular weight is 264 g/mol. The predicted molar refractivity (Wildman–Crippen MR) is 81.3 cm³/mol. The first kappa shape index (κ1) is 16.2. The van der Waals surface area contributed by atoms with Crippen molar-refractivity contribution < 1.29 is 4.74 Å². The smallest absolute Gasteiger partial charge is 0.0616 e. The molecule has 1 aromatic carbocycles. The fraction of sp³-hybridized carbons (Fsp3) is 0.625. The van der Waals surface area contributed by atoms with E-state index >= 15 is 0 Å². The Balaban J connectivity index is 2.64. The first-order valence-electron chi connectivity index (χ1n) is 7.22. The summed E-state index contributed by atoms with van der Waals surface area (Å²) in [5.41, 5.74) is 8.25. The van der Waals surface area contributed by atoms with Crippen LogP contribution in [0.5, 0.6) is 0 Å². The van der Waals surface area contributed by atoms with E-state index in [1.807, 2.05) is 0 Å². The molecule has 0 heterocycles. The summed E-state index contributed by atoms with van der Waals surface area (Å²) in [6.07, 6.45) is 3.17. The quantitative estimate of drug-likeness (QED) is 0.721. The van der Waals surface area contributed by atoms with Crippen molar-refractivity contribution >= 4 is 0 Å².